The Hall–Kier alpha value is -1.79. The molecule has 1 unspecified atom stereocenters. The zero-order valence-corrected chi connectivity index (χ0v) is 14.3. The Bertz CT molecular complexity index is 525. The van der Waals surface area contributed by atoms with Gasteiger partial charge in [-0.2, -0.15) is 0 Å². The largest absolute Gasteiger partial charge is 0.494 e. The Morgan fingerprint density at radius 2 is 2.00 bits per heavy atom. The number of amides is 2. The van der Waals surface area contributed by atoms with Gasteiger partial charge in [-0.25, -0.2) is 4.79 Å². The van der Waals surface area contributed by atoms with Crippen molar-refractivity contribution in [3.63, 3.8) is 0 Å². The number of urea groups is 1. The Morgan fingerprint density at radius 1 is 1.29 bits per heavy atom. The van der Waals surface area contributed by atoms with E-state index < -0.39 is 0 Å². The number of morpholine rings is 1. The van der Waals surface area contributed by atoms with Crippen LogP contribution < -0.4 is 15.4 Å². The van der Waals surface area contributed by atoms with Crippen molar-refractivity contribution in [3.8, 4) is 5.75 Å². The molecule has 2 N–H and O–H groups in total. The molecule has 0 bridgehead atoms. The van der Waals surface area contributed by atoms with Gasteiger partial charge >= 0.3 is 6.03 Å². The number of nitrogens with zero attached hydrogens (tertiary/aromatic N) is 1. The Balaban J connectivity index is 1.64. The highest BCUT2D eigenvalue weighted by Crippen LogP contribution is 2.24. The molecule has 1 aromatic rings. The monoisotopic (exact) mass is 333 g/mol. The summed E-state index contributed by atoms with van der Waals surface area (Å²) in [7, 11) is 0. The first kappa shape index (κ1) is 17.0. The molecule has 2 fully saturated rings. The van der Waals surface area contributed by atoms with Gasteiger partial charge in [-0.15, -0.1) is 0 Å². The number of hydrogen-bond donors (Lipinski definition) is 2. The lowest BCUT2D eigenvalue weighted by Gasteiger charge is -2.35. The van der Waals surface area contributed by atoms with Crippen LogP contribution in [0.5, 0.6) is 5.75 Å². The second-order valence-electron chi connectivity index (χ2n) is 6.29. The van der Waals surface area contributed by atoms with E-state index >= 15 is 0 Å². The lowest BCUT2D eigenvalue weighted by Crippen LogP contribution is -2.46. The van der Waals surface area contributed by atoms with E-state index in [0.29, 0.717) is 19.2 Å². The first-order chi connectivity index (χ1) is 11.8. The molecule has 1 aliphatic heterocycles. The molecule has 1 saturated carbocycles. The fourth-order valence-corrected chi connectivity index (χ4v) is 2.95. The second kappa shape index (κ2) is 8.35. The van der Waals surface area contributed by atoms with Crippen molar-refractivity contribution < 1.29 is 14.3 Å². The molecular formula is C18H27N3O3. The van der Waals surface area contributed by atoms with Crippen LogP contribution in [0.25, 0.3) is 0 Å². The van der Waals surface area contributed by atoms with Gasteiger partial charge < -0.3 is 20.1 Å². The summed E-state index contributed by atoms with van der Waals surface area (Å²) in [6, 6.07) is 8.62. The van der Waals surface area contributed by atoms with Crippen molar-refractivity contribution in [2.45, 2.75) is 31.8 Å². The highest BCUT2D eigenvalue weighted by molar-refractivity contribution is 5.74. The molecular weight excluding hydrogens is 306 g/mol. The third-order valence-electron chi connectivity index (χ3n) is 4.43. The van der Waals surface area contributed by atoms with Gasteiger partial charge in [0.25, 0.3) is 0 Å². The molecule has 1 heterocycles. The summed E-state index contributed by atoms with van der Waals surface area (Å²) in [5, 5.41) is 6.00. The molecule has 0 spiro atoms. The van der Waals surface area contributed by atoms with Crippen LogP contribution in [0.4, 0.5) is 4.79 Å². The fourth-order valence-electron chi connectivity index (χ4n) is 2.95. The molecule has 3 rings (SSSR count). The molecule has 1 aromatic carbocycles. The maximum absolute atomic E-state index is 12.0. The van der Waals surface area contributed by atoms with E-state index in [0.717, 1.165) is 44.9 Å². The third kappa shape index (κ3) is 4.85. The van der Waals surface area contributed by atoms with Gasteiger partial charge in [-0.3, -0.25) is 4.90 Å². The minimum Gasteiger partial charge on any atom is -0.494 e. The van der Waals surface area contributed by atoms with Crippen LogP contribution in [0.3, 0.4) is 0 Å². The van der Waals surface area contributed by atoms with Crippen molar-refractivity contribution in [2.24, 2.45) is 0 Å². The van der Waals surface area contributed by atoms with E-state index in [4.69, 9.17) is 9.47 Å². The van der Waals surface area contributed by atoms with Crippen LogP contribution >= 0.6 is 0 Å². The van der Waals surface area contributed by atoms with Crippen molar-refractivity contribution in [1.29, 1.82) is 0 Å². The molecule has 2 aliphatic rings. The van der Waals surface area contributed by atoms with Gasteiger partial charge in [0.2, 0.25) is 0 Å². The van der Waals surface area contributed by atoms with Crippen molar-refractivity contribution in [3.05, 3.63) is 29.8 Å². The van der Waals surface area contributed by atoms with Crippen LogP contribution in [0.15, 0.2) is 24.3 Å². The number of rotatable bonds is 7. The quantitative estimate of drug-likeness (QED) is 0.800. The predicted octanol–water partition coefficient (Wildman–Crippen LogP) is 1.92. The van der Waals surface area contributed by atoms with Gasteiger partial charge in [0.05, 0.1) is 25.9 Å². The lowest BCUT2D eigenvalue weighted by atomic mass is 10.0. The molecule has 0 aromatic heterocycles. The number of ether oxygens (including phenoxy) is 2. The summed E-state index contributed by atoms with van der Waals surface area (Å²) in [4.78, 5) is 14.3. The van der Waals surface area contributed by atoms with Gasteiger partial charge in [0.1, 0.15) is 5.75 Å². The van der Waals surface area contributed by atoms with Crippen LogP contribution in [0, 0.1) is 0 Å². The van der Waals surface area contributed by atoms with Gasteiger partial charge in [-0.05, 0) is 37.5 Å². The van der Waals surface area contributed by atoms with Crippen molar-refractivity contribution >= 4 is 6.03 Å². The molecule has 0 radical (unpaired) electrons. The standard InChI is InChI=1S/C18H27N3O3/c1-2-24-16-7-3-14(4-8-16)17(21-9-11-23-12-10-21)13-19-18(22)20-15-5-6-15/h3-4,7-8,15,17H,2,5-6,9-13H2,1H3,(H2,19,20,22). The minimum absolute atomic E-state index is 0.0679. The fraction of sp³-hybridized carbons (Fsp3) is 0.611. The van der Waals surface area contributed by atoms with Gasteiger partial charge in [0.15, 0.2) is 0 Å². The molecule has 1 aliphatic carbocycles. The smallest absolute Gasteiger partial charge is 0.315 e. The first-order valence-electron chi connectivity index (χ1n) is 8.85. The number of carbonyl (C=O) groups is 1. The average Bonchev–Trinajstić information content (AvgIpc) is 3.42. The van der Waals surface area contributed by atoms with Gasteiger partial charge in [-0.1, -0.05) is 12.1 Å². The second-order valence-corrected chi connectivity index (χ2v) is 6.29. The molecule has 6 nitrogen and oxygen atoms in total. The average molecular weight is 333 g/mol. The van der Waals surface area contributed by atoms with E-state index in [9.17, 15) is 4.79 Å². The minimum atomic E-state index is -0.0679. The topological polar surface area (TPSA) is 62.8 Å². The highest BCUT2D eigenvalue weighted by atomic mass is 16.5. The maximum atomic E-state index is 12.0. The third-order valence-corrected chi connectivity index (χ3v) is 4.43. The highest BCUT2D eigenvalue weighted by Gasteiger charge is 2.26. The van der Waals surface area contributed by atoms with E-state index in [1.807, 2.05) is 19.1 Å². The van der Waals surface area contributed by atoms with E-state index in [-0.39, 0.29) is 12.1 Å². The zero-order valence-electron chi connectivity index (χ0n) is 14.3. The molecule has 6 heteroatoms. The molecule has 132 valence electrons. The SMILES string of the molecule is CCOc1ccc(C(CNC(=O)NC2CC2)N2CCOCC2)cc1. The summed E-state index contributed by atoms with van der Waals surface area (Å²) < 4.78 is 11.0. The van der Waals surface area contributed by atoms with Crippen LogP contribution in [0.1, 0.15) is 31.4 Å². The Kier molecular flexibility index (Phi) is 5.93. The summed E-state index contributed by atoms with van der Waals surface area (Å²) in [6.45, 7) is 6.46. The summed E-state index contributed by atoms with van der Waals surface area (Å²) in [5.74, 6) is 0.876. The predicted molar refractivity (Wildman–Crippen MR) is 92.3 cm³/mol. The normalized spacial score (nSPS) is 19.5. The summed E-state index contributed by atoms with van der Waals surface area (Å²) >= 11 is 0. The molecule has 1 saturated heterocycles. The molecule has 24 heavy (non-hydrogen) atoms. The molecule has 2 amide bonds. The summed E-state index contributed by atoms with van der Waals surface area (Å²) in [6.07, 6.45) is 2.19. The van der Waals surface area contributed by atoms with E-state index in [1.54, 1.807) is 0 Å². The Morgan fingerprint density at radius 3 is 2.62 bits per heavy atom. The Labute approximate surface area is 143 Å². The van der Waals surface area contributed by atoms with Crippen LogP contribution in [-0.4, -0.2) is 56.4 Å². The van der Waals surface area contributed by atoms with Crippen molar-refractivity contribution in [1.82, 2.24) is 15.5 Å². The van der Waals surface area contributed by atoms with Crippen LogP contribution in [-0.2, 0) is 4.74 Å². The first-order valence-corrected chi connectivity index (χ1v) is 8.85. The van der Waals surface area contributed by atoms with Crippen LogP contribution in [0.2, 0.25) is 0 Å². The van der Waals surface area contributed by atoms with E-state index in [2.05, 4.69) is 27.7 Å². The van der Waals surface area contributed by atoms with Gasteiger partial charge in [0, 0.05) is 25.7 Å². The molecule has 1 atom stereocenters. The maximum Gasteiger partial charge on any atom is 0.315 e. The lowest BCUT2D eigenvalue weighted by molar-refractivity contribution is 0.0167. The zero-order chi connectivity index (χ0) is 16.8. The number of carbonyl (C=O) groups excluding carboxylic acids is 1. The summed E-state index contributed by atoms with van der Waals surface area (Å²) in [5.41, 5.74) is 1.19. The number of hydrogen-bond acceptors (Lipinski definition) is 4. The number of nitrogens with one attached hydrogen (secondary N) is 2. The van der Waals surface area contributed by atoms with E-state index in [1.165, 1.54) is 5.56 Å². The van der Waals surface area contributed by atoms with Crippen molar-refractivity contribution in [2.75, 3.05) is 39.5 Å². The number of benzene rings is 1.